The van der Waals surface area contributed by atoms with Crippen LogP contribution in [0.2, 0.25) is 0 Å². The summed E-state index contributed by atoms with van der Waals surface area (Å²) in [5.74, 6) is -0.175. The number of fused-ring (bicyclic) bond motifs is 1. The van der Waals surface area contributed by atoms with E-state index >= 15 is 0 Å². The van der Waals surface area contributed by atoms with Crippen molar-refractivity contribution in [1.82, 2.24) is 4.90 Å². The summed E-state index contributed by atoms with van der Waals surface area (Å²) in [5, 5.41) is 0. The molecule has 1 aliphatic rings. The lowest BCUT2D eigenvalue weighted by Gasteiger charge is -2.24. The van der Waals surface area contributed by atoms with Crippen LogP contribution in [0.1, 0.15) is 37.1 Å². The van der Waals surface area contributed by atoms with Gasteiger partial charge in [0.1, 0.15) is 0 Å². The van der Waals surface area contributed by atoms with E-state index in [9.17, 15) is 4.79 Å². The number of ether oxygens (including phenoxy) is 1. The molecular weight excluding hydrogens is 202 g/mol. The Kier molecular flexibility index (Phi) is 2.97. The van der Waals surface area contributed by atoms with Crippen molar-refractivity contribution in [3.63, 3.8) is 0 Å². The third-order valence-corrected chi connectivity index (χ3v) is 3.43. The van der Waals surface area contributed by atoms with Crippen molar-refractivity contribution in [2.75, 3.05) is 13.7 Å². The number of hydrogen-bond donors (Lipinski definition) is 0. The molecule has 0 fully saturated rings. The Balaban J connectivity index is 2.24. The van der Waals surface area contributed by atoms with Gasteiger partial charge in [0.15, 0.2) is 0 Å². The van der Waals surface area contributed by atoms with Crippen molar-refractivity contribution in [3.05, 3.63) is 35.4 Å². The molecule has 1 heterocycles. The molecule has 0 amide bonds. The number of benzene rings is 1. The first kappa shape index (κ1) is 11.1. The van der Waals surface area contributed by atoms with E-state index in [2.05, 4.69) is 30.9 Å². The third kappa shape index (κ3) is 1.71. The van der Waals surface area contributed by atoms with Crippen LogP contribution in [0.5, 0.6) is 0 Å². The fourth-order valence-corrected chi connectivity index (χ4v) is 2.45. The minimum Gasteiger partial charge on any atom is -0.468 e. The molecule has 0 spiro atoms. The summed E-state index contributed by atoms with van der Waals surface area (Å²) < 4.78 is 4.73. The van der Waals surface area contributed by atoms with Gasteiger partial charge in [-0.05, 0) is 25.0 Å². The van der Waals surface area contributed by atoms with Gasteiger partial charge in [0.25, 0.3) is 0 Å². The van der Waals surface area contributed by atoms with Gasteiger partial charge in [-0.3, -0.25) is 9.69 Å². The molecule has 1 aromatic carbocycles. The predicted molar refractivity (Wildman–Crippen MR) is 62.0 cm³/mol. The molecule has 3 nitrogen and oxygen atoms in total. The fraction of sp³-hybridized carbons (Fsp3) is 0.462. The van der Waals surface area contributed by atoms with Gasteiger partial charge in [-0.2, -0.15) is 0 Å². The predicted octanol–water partition coefficient (Wildman–Crippen LogP) is 2.30. The summed E-state index contributed by atoms with van der Waals surface area (Å²) in [6, 6.07) is 8.92. The molecule has 2 rings (SSSR count). The van der Waals surface area contributed by atoms with Crippen LogP contribution in [0.15, 0.2) is 24.3 Å². The van der Waals surface area contributed by atoms with Gasteiger partial charge in [0, 0.05) is 12.1 Å². The molecule has 3 heteroatoms. The second-order valence-corrected chi connectivity index (χ2v) is 4.23. The molecule has 0 bridgehead atoms. The second-order valence-electron chi connectivity index (χ2n) is 4.23. The third-order valence-electron chi connectivity index (χ3n) is 3.43. The van der Waals surface area contributed by atoms with Crippen LogP contribution in [0, 0.1) is 0 Å². The molecule has 1 aliphatic heterocycles. The Labute approximate surface area is 96.0 Å². The van der Waals surface area contributed by atoms with Gasteiger partial charge in [-0.25, -0.2) is 0 Å². The van der Waals surface area contributed by atoms with E-state index in [0.717, 1.165) is 0 Å². The molecule has 0 aromatic heterocycles. The molecule has 1 aromatic rings. The molecule has 0 aliphatic carbocycles. The average molecular weight is 219 g/mol. The van der Waals surface area contributed by atoms with Crippen molar-refractivity contribution in [1.29, 1.82) is 0 Å². The average Bonchev–Trinajstić information content (AvgIpc) is 2.55. The maximum Gasteiger partial charge on any atom is 0.319 e. The van der Waals surface area contributed by atoms with Crippen LogP contribution in [0.3, 0.4) is 0 Å². The summed E-state index contributed by atoms with van der Waals surface area (Å²) in [5.41, 5.74) is 2.64. The van der Waals surface area contributed by atoms with Crippen molar-refractivity contribution in [2.45, 2.75) is 25.9 Å². The topological polar surface area (TPSA) is 29.5 Å². The van der Waals surface area contributed by atoms with Crippen molar-refractivity contribution < 1.29 is 9.53 Å². The summed E-state index contributed by atoms with van der Waals surface area (Å²) >= 11 is 0. The first-order valence-electron chi connectivity index (χ1n) is 5.56. The number of esters is 1. The minimum absolute atomic E-state index is 0.175. The summed E-state index contributed by atoms with van der Waals surface area (Å²) in [4.78, 5) is 13.5. The smallest absolute Gasteiger partial charge is 0.319 e. The highest BCUT2D eigenvalue weighted by atomic mass is 16.5. The molecule has 2 atom stereocenters. The normalized spacial score (nSPS) is 24.2. The monoisotopic (exact) mass is 219 g/mol. The number of methoxy groups -OCH3 is 1. The standard InChI is InChI=1S/C13H17NO2/c1-9-11-6-4-5-7-12(11)10(2)14(9)8-13(15)16-3/h4-7,9-10H,8H2,1-3H3/t9-,10-/m1/s1. The first-order valence-corrected chi connectivity index (χ1v) is 5.56. The van der Waals surface area contributed by atoms with Gasteiger partial charge >= 0.3 is 5.97 Å². The van der Waals surface area contributed by atoms with Crippen molar-refractivity contribution >= 4 is 5.97 Å². The first-order chi connectivity index (χ1) is 7.65. The largest absolute Gasteiger partial charge is 0.468 e. The van der Waals surface area contributed by atoms with E-state index < -0.39 is 0 Å². The van der Waals surface area contributed by atoms with Gasteiger partial charge in [-0.15, -0.1) is 0 Å². The lowest BCUT2D eigenvalue weighted by Crippen LogP contribution is -2.30. The van der Waals surface area contributed by atoms with Crippen LogP contribution in [-0.4, -0.2) is 24.5 Å². The fourth-order valence-electron chi connectivity index (χ4n) is 2.45. The lowest BCUT2D eigenvalue weighted by molar-refractivity contribution is -0.142. The molecule has 0 radical (unpaired) electrons. The highest BCUT2D eigenvalue weighted by molar-refractivity contribution is 5.71. The van der Waals surface area contributed by atoms with Gasteiger partial charge in [0.2, 0.25) is 0 Å². The number of nitrogens with zero attached hydrogens (tertiary/aromatic N) is 1. The molecule has 0 unspecified atom stereocenters. The van der Waals surface area contributed by atoms with Crippen molar-refractivity contribution in [3.8, 4) is 0 Å². The number of hydrogen-bond acceptors (Lipinski definition) is 3. The molecule has 0 N–H and O–H groups in total. The van der Waals surface area contributed by atoms with Crippen LogP contribution in [-0.2, 0) is 9.53 Å². The van der Waals surface area contributed by atoms with E-state index in [0.29, 0.717) is 6.54 Å². The Morgan fingerprint density at radius 2 is 1.75 bits per heavy atom. The lowest BCUT2D eigenvalue weighted by atomic mass is 10.0. The summed E-state index contributed by atoms with van der Waals surface area (Å²) in [6.07, 6.45) is 0. The summed E-state index contributed by atoms with van der Waals surface area (Å²) in [6.45, 7) is 4.62. The Hall–Kier alpha value is -1.35. The Bertz CT molecular complexity index is 374. The van der Waals surface area contributed by atoms with Crippen LogP contribution >= 0.6 is 0 Å². The van der Waals surface area contributed by atoms with E-state index in [1.54, 1.807) is 0 Å². The number of carbonyl (C=O) groups excluding carboxylic acids is 1. The molecular formula is C13H17NO2. The maximum absolute atomic E-state index is 11.3. The molecule has 86 valence electrons. The number of rotatable bonds is 2. The van der Waals surface area contributed by atoms with Gasteiger partial charge < -0.3 is 4.74 Å². The molecule has 16 heavy (non-hydrogen) atoms. The number of carbonyl (C=O) groups is 1. The van der Waals surface area contributed by atoms with Crippen molar-refractivity contribution in [2.24, 2.45) is 0 Å². The zero-order valence-corrected chi connectivity index (χ0v) is 9.93. The van der Waals surface area contributed by atoms with Crippen LogP contribution in [0.4, 0.5) is 0 Å². The van der Waals surface area contributed by atoms with Crippen LogP contribution in [0.25, 0.3) is 0 Å². The highest BCUT2D eigenvalue weighted by Crippen LogP contribution is 2.40. The van der Waals surface area contributed by atoms with E-state index in [-0.39, 0.29) is 18.1 Å². The van der Waals surface area contributed by atoms with Gasteiger partial charge in [-0.1, -0.05) is 24.3 Å². The SMILES string of the molecule is COC(=O)CN1[C@H](C)c2ccccc2[C@H]1C. The van der Waals surface area contributed by atoms with Gasteiger partial charge in [0.05, 0.1) is 13.7 Å². The van der Waals surface area contributed by atoms with E-state index in [1.807, 2.05) is 12.1 Å². The maximum atomic E-state index is 11.3. The quantitative estimate of drug-likeness (QED) is 0.715. The molecule has 0 saturated heterocycles. The Morgan fingerprint density at radius 1 is 1.25 bits per heavy atom. The second kappa shape index (κ2) is 4.26. The van der Waals surface area contributed by atoms with Crippen LogP contribution < -0.4 is 0 Å². The molecule has 0 saturated carbocycles. The Morgan fingerprint density at radius 3 is 2.19 bits per heavy atom. The zero-order valence-electron chi connectivity index (χ0n) is 9.93. The zero-order chi connectivity index (χ0) is 11.7. The minimum atomic E-state index is -0.175. The summed E-state index contributed by atoms with van der Waals surface area (Å²) in [7, 11) is 1.43. The van der Waals surface area contributed by atoms with E-state index in [4.69, 9.17) is 4.74 Å². The highest BCUT2D eigenvalue weighted by Gasteiger charge is 2.33. The van der Waals surface area contributed by atoms with E-state index in [1.165, 1.54) is 18.2 Å².